The molecule has 6 aromatic rings. The van der Waals surface area contributed by atoms with Crippen LogP contribution in [0.4, 0.5) is 0 Å². The van der Waals surface area contributed by atoms with E-state index in [9.17, 15) is 30.5 Å². The average molecular weight is 781 g/mol. The highest BCUT2D eigenvalue weighted by molar-refractivity contribution is 7.86. The van der Waals surface area contributed by atoms with Gasteiger partial charge in [0.25, 0.3) is 0 Å². The third-order valence-electron chi connectivity index (χ3n) is 7.10. The molecule has 0 aliphatic carbocycles. The van der Waals surface area contributed by atoms with Crippen molar-refractivity contribution in [1.82, 2.24) is 0 Å². The Labute approximate surface area is 301 Å². The van der Waals surface area contributed by atoms with Crippen LogP contribution in [-0.2, 0) is 29.8 Å². The topological polar surface area (TPSA) is 215 Å². The summed E-state index contributed by atoms with van der Waals surface area (Å²) in [6.45, 7) is 0. The van der Waals surface area contributed by atoms with Gasteiger partial charge >= 0.3 is 0 Å². The zero-order chi connectivity index (χ0) is 38.2. The third kappa shape index (κ3) is 11.1. The highest BCUT2D eigenvalue weighted by atomic mass is 32.2. The second-order valence-electron chi connectivity index (χ2n) is 10.3. The molecule has 0 aromatic heterocycles. The standard InChI is InChI=1S/C18H15O4PS.C18H15O3PS.H2O3.O2/c19-23(15-8-3-1-4-9-15,16-10-5-2-6-11-16)17-12-7-13-18(14-17)24(20,21)22;19-23(20,21)18-13-7-12-17(14-18)22(15-8-3-1-4-9-15)16-10-5-2-6-11-16;1-3-2;1-2/h1-14H,(H,20,21,22);1-14H,(H,19,20,21);1-2H;/p-2. The predicted octanol–water partition coefficient (Wildman–Crippen LogP) is 4.60. The molecule has 0 atom stereocenters. The van der Waals surface area contributed by atoms with Crippen LogP contribution in [0.2, 0.25) is 0 Å². The maximum Gasteiger partial charge on any atom is 0.171 e. The first-order valence-electron chi connectivity index (χ1n) is 14.7. The van der Waals surface area contributed by atoms with E-state index in [0.717, 1.165) is 15.9 Å². The highest BCUT2D eigenvalue weighted by Crippen LogP contribution is 2.42. The van der Waals surface area contributed by atoms with E-state index in [4.69, 9.17) is 20.4 Å². The summed E-state index contributed by atoms with van der Waals surface area (Å²) in [4.78, 5) is 13.4. The summed E-state index contributed by atoms with van der Waals surface area (Å²) >= 11 is 0. The fourth-order valence-corrected chi connectivity index (χ4v) is 11.2. The van der Waals surface area contributed by atoms with Crippen LogP contribution in [0.25, 0.3) is 0 Å². The van der Waals surface area contributed by atoms with Crippen LogP contribution in [0.15, 0.2) is 180 Å². The average Bonchev–Trinajstić information content (AvgIpc) is 3.17. The summed E-state index contributed by atoms with van der Waals surface area (Å²) in [5.74, 6) is 0. The molecule has 0 aliphatic rings. The van der Waals surface area contributed by atoms with Gasteiger partial charge in [-0.2, -0.15) is 0 Å². The summed E-state index contributed by atoms with van der Waals surface area (Å²) in [5, 5.41) is 20.0. The molecule has 0 unspecified atom stereocenters. The molecule has 0 saturated heterocycles. The summed E-state index contributed by atoms with van der Waals surface area (Å²) in [7, 11) is -13.3. The Morgan fingerprint density at radius 2 is 0.769 bits per heavy atom. The van der Waals surface area contributed by atoms with Crippen molar-refractivity contribution in [3.05, 3.63) is 180 Å². The minimum atomic E-state index is -4.62. The number of benzene rings is 6. The van der Waals surface area contributed by atoms with Gasteiger partial charge in [-0.25, -0.2) is 27.4 Å². The quantitative estimate of drug-likeness (QED) is 0.0939. The van der Waals surface area contributed by atoms with Crippen LogP contribution in [0.1, 0.15) is 0 Å². The molecular formula is C36H30O12P2S2-2. The molecule has 0 fully saturated rings. The van der Waals surface area contributed by atoms with Gasteiger partial charge in [-0.05, 0) is 48.1 Å². The van der Waals surface area contributed by atoms with Crippen molar-refractivity contribution in [3.8, 4) is 0 Å². The normalized spacial score (nSPS) is 11.1. The van der Waals surface area contributed by atoms with Crippen LogP contribution < -0.4 is 31.8 Å². The zero-order valence-corrected chi connectivity index (χ0v) is 30.3. The van der Waals surface area contributed by atoms with E-state index in [1.165, 1.54) is 30.3 Å². The van der Waals surface area contributed by atoms with Crippen molar-refractivity contribution >= 4 is 67.1 Å². The number of rotatable bonds is 8. The Kier molecular flexibility index (Phi) is 15.9. The SMILES string of the molecule is O=O.O=P(c1ccccc1)(c1ccccc1)c1cccc(S(=O)(=O)[O-])c1.O=S(=O)([O-])c1cccc(P(c2ccccc2)c2ccccc2)c1.OOO. The smallest absolute Gasteiger partial charge is 0.171 e. The molecule has 0 radical (unpaired) electrons. The van der Waals surface area contributed by atoms with Crippen LogP contribution >= 0.6 is 15.1 Å². The lowest BCUT2D eigenvalue weighted by Crippen LogP contribution is -2.25. The van der Waals surface area contributed by atoms with Crippen LogP contribution in [0.3, 0.4) is 0 Å². The van der Waals surface area contributed by atoms with Crippen molar-refractivity contribution in [2.24, 2.45) is 0 Å². The molecule has 2 N–H and O–H groups in total. The summed E-state index contributed by atoms with van der Waals surface area (Å²) in [6.07, 6.45) is 0. The van der Waals surface area contributed by atoms with Crippen molar-refractivity contribution in [2.75, 3.05) is 0 Å². The highest BCUT2D eigenvalue weighted by Gasteiger charge is 2.30. The first kappa shape index (κ1) is 41.7. The van der Waals surface area contributed by atoms with E-state index in [0.29, 0.717) is 15.9 Å². The largest absolute Gasteiger partial charge is 0.744 e. The zero-order valence-electron chi connectivity index (χ0n) is 26.9. The second-order valence-corrected chi connectivity index (χ2v) is 18.0. The van der Waals surface area contributed by atoms with Crippen LogP contribution in [0.5, 0.6) is 0 Å². The summed E-state index contributed by atoms with van der Waals surface area (Å²) in [6, 6.07) is 49.3. The Hall–Kier alpha value is -4.72. The van der Waals surface area contributed by atoms with Crippen molar-refractivity contribution < 1.29 is 46.1 Å². The lowest BCUT2D eigenvalue weighted by Gasteiger charge is -2.21. The van der Waals surface area contributed by atoms with Gasteiger partial charge in [-0.15, -0.1) is 0 Å². The molecular weight excluding hydrogens is 750 g/mol. The maximum absolute atomic E-state index is 14.0. The molecule has 0 heterocycles. The predicted molar refractivity (Wildman–Crippen MR) is 200 cm³/mol. The van der Waals surface area contributed by atoms with E-state index in [2.05, 4.69) is 5.04 Å². The molecule has 0 spiro atoms. The molecule has 270 valence electrons. The molecule has 6 rings (SSSR count). The van der Waals surface area contributed by atoms with Gasteiger partial charge in [0.15, 0.2) is 7.14 Å². The van der Waals surface area contributed by atoms with Gasteiger partial charge in [0.05, 0.1) is 9.79 Å². The molecule has 6 aromatic carbocycles. The number of hydrogen-bond donors (Lipinski definition) is 2. The minimum Gasteiger partial charge on any atom is -0.744 e. The fourth-order valence-electron chi connectivity index (χ4n) is 4.94. The van der Waals surface area contributed by atoms with Gasteiger partial charge < -0.3 is 13.7 Å². The van der Waals surface area contributed by atoms with Gasteiger partial charge in [0.1, 0.15) is 20.2 Å². The Balaban J connectivity index is 0.000000250. The Bertz CT molecular complexity index is 2180. The van der Waals surface area contributed by atoms with E-state index in [1.807, 2.05) is 78.9 Å². The molecule has 12 nitrogen and oxygen atoms in total. The molecule has 0 amide bonds. The lowest BCUT2D eigenvalue weighted by atomic mass is 10.3. The Morgan fingerprint density at radius 1 is 0.462 bits per heavy atom. The van der Waals surface area contributed by atoms with Crippen LogP contribution in [0, 0.1) is 9.93 Å². The first-order valence-corrected chi connectivity index (χ1v) is 20.6. The number of hydrogen-bond acceptors (Lipinski definition) is 12. The lowest BCUT2D eigenvalue weighted by molar-refractivity contribution is -0.465. The van der Waals surface area contributed by atoms with E-state index in [-0.39, 0.29) is 9.79 Å². The molecule has 0 saturated carbocycles. The molecule has 0 aliphatic heterocycles. The van der Waals surface area contributed by atoms with Gasteiger partial charge in [-0.1, -0.05) is 151 Å². The van der Waals surface area contributed by atoms with Gasteiger partial charge in [0, 0.05) is 25.8 Å². The third-order valence-corrected chi connectivity index (χ3v) is 14.2. The van der Waals surface area contributed by atoms with Gasteiger partial charge in [-0.3, -0.25) is 0 Å². The van der Waals surface area contributed by atoms with E-state index >= 15 is 0 Å². The molecule has 16 heteroatoms. The van der Waals surface area contributed by atoms with Crippen molar-refractivity contribution in [1.29, 1.82) is 0 Å². The van der Waals surface area contributed by atoms with E-state index < -0.39 is 35.3 Å². The molecule has 52 heavy (non-hydrogen) atoms. The first-order chi connectivity index (χ1) is 24.9. The second kappa shape index (κ2) is 19.8. The monoisotopic (exact) mass is 780 g/mol. The molecule has 0 bridgehead atoms. The summed E-state index contributed by atoms with van der Waals surface area (Å²) in [5.41, 5.74) is 0. The van der Waals surface area contributed by atoms with Crippen LogP contribution in [-0.4, -0.2) is 36.5 Å². The van der Waals surface area contributed by atoms with E-state index in [1.54, 1.807) is 60.7 Å². The van der Waals surface area contributed by atoms with Gasteiger partial charge in [0.2, 0.25) is 0 Å². The van der Waals surface area contributed by atoms with Crippen molar-refractivity contribution in [2.45, 2.75) is 9.79 Å². The fraction of sp³-hybridized carbons (Fsp3) is 0. The Morgan fingerprint density at radius 3 is 1.15 bits per heavy atom. The minimum absolute atomic E-state index is 0.186. The summed E-state index contributed by atoms with van der Waals surface area (Å²) < 4.78 is 82.0. The maximum atomic E-state index is 14.0. The van der Waals surface area contributed by atoms with Crippen molar-refractivity contribution in [3.63, 3.8) is 0 Å².